The number of thiophene rings is 2. The van der Waals surface area contributed by atoms with Gasteiger partial charge in [0.05, 0.1) is 17.1 Å². The molecule has 0 bridgehead atoms. The largest absolute Gasteiger partial charge is 0.308 e. The molecule has 10 aromatic carbocycles. The van der Waals surface area contributed by atoms with Crippen LogP contribution in [0.25, 0.3) is 96.0 Å². The van der Waals surface area contributed by atoms with E-state index in [2.05, 4.69) is 241 Å². The predicted octanol–water partition coefficient (Wildman–Crippen LogP) is 18.2. The summed E-state index contributed by atoms with van der Waals surface area (Å²) < 4.78 is 5.08. The van der Waals surface area contributed by atoms with E-state index in [9.17, 15) is 0 Å². The standard InChI is InChI=1S/C60H39NS2/c1-6-18-40(19-7-1)45-32-34-50-55(38-45)62-54-31-17-30-52(57(50)54)61(59-47(42-22-10-3-11-23-42)28-16-29-48(59)43-24-12-4-13-25-43)53-37-36-49(44-26-14-5-15-27-44)60-58(53)51-35-33-46(39-56(51)63-60)41-20-8-2-9-21-41/h1-39H. The van der Waals surface area contributed by atoms with E-state index in [4.69, 9.17) is 0 Å². The summed E-state index contributed by atoms with van der Waals surface area (Å²) in [5.41, 5.74) is 15.5. The molecule has 12 aromatic rings. The Morgan fingerprint density at radius 3 is 1.25 bits per heavy atom. The fraction of sp³-hybridized carbons (Fsp3) is 0. The molecule has 3 heteroatoms. The third-order valence-electron chi connectivity index (χ3n) is 12.3. The maximum atomic E-state index is 2.61. The topological polar surface area (TPSA) is 3.24 Å². The first-order chi connectivity index (χ1) is 31.3. The molecule has 12 rings (SSSR count). The van der Waals surface area contributed by atoms with Crippen LogP contribution in [0.5, 0.6) is 0 Å². The second-order valence-electron chi connectivity index (χ2n) is 16.0. The van der Waals surface area contributed by atoms with Crippen molar-refractivity contribution in [2.75, 3.05) is 4.90 Å². The molecule has 0 unspecified atom stereocenters. The zero-order valence-electron chi connectivity index (χ0n) is 34.3. The van der Waals surface area contributed by atoms with Gasteiger partial charge in [0.1, 0.15) is 0 Å². The molecule has 0 aliphatic rings. The molecule has 1 nitrogen and oxygen atoms in total. The van der Waals surface area contributed by atoms with Gasteiger partial charge in [-0.1, -0.05) is 206 Å². The van der Waals surface area contributed by atoms with Gasteiger partial charge in [0, 0.05) is 51.5 Å². The average Bonchev–Trinajstić information content (AvgIpc) is 3.94. The van der Waals surface area contributed by atoms with E-state index in [1.54, 1.807) is 0 Å². The first-order valence-corrected chi connectivity index (χ1v) is 23.0. The number of benzene rings is 10. The van der Waals surface area contributed by atoms with Crippen molar-refractivity contribution in [3.8, 4) is 55.6 Å². The first-order valence-electron chi connectivity index (χ1n) is 21.4. The van der Waals surface area contributed by atoms with Crippen molar-refractivity contribution < 1.29 is 0 Å². The molecule has 0 amide bonds. The van der Waals surface area contributed by atoms with Crippen molar-refractivity contribution in [3.63, 3.8) is 0 Å². The van der Waals surface area contributed by atoms with Gasteiger partial charge in [0.2, 0.25) is 0 Å². The highest BCUT2D eigenvalue weighted by molar-refractivity contribution is 7.26. The minimum Gasteiger partial charge on any atom is -0.308 e. The van der Waals surface area contributed by atoms with Crippen molar-refractivity contribution in [1.82, 2.24) is 0 Å². The zero-order chi connectivity index (χ0) is 41.7. The number of hydrogen-bond acceptors (Lipinski definition) is 3. The normalized spacial score (nSPS) is 11.5. The van der Waals surface area contributed by atoms with E-state index in [1.165, 1.54) is 96.0 Å². The molecule has 2 aromatic heterocycles. The summed E-state index contributed by atoms with van der Waals surface area (Å²) in [6, 6.07) is 86.7. The number of hydrogen-bond donors (Lipinski definition) is 0. The van der Waals surface area contributed by atoms with Crippen LogP contribution in [0.15, 0.2) is 237 Å². The Kier molecular flexibility index (Phi) is 9.29. The molecule has 0 fully saturated rings. The van der Waals surface area contributed by atoms with E-state index >= 15 is 0 Å². The molecular formula is C60H39NS2. The SMILES string of the molecule is c1ccc(-c2ccc3c(c2)sc2cccc(N(c4c(-c5ccccc5)cccc4-c4ccccc4)c4ccc(-c5ccccc5)c5sc6cc(-c7ccccc7)ccc6c45)c23)cc1. The van der Waals surface area contributed by atoms with Crippen LogP contribution < -0.4 is 4.90 Å². The first kappa shape index (κ1) is 37.2. The van der Waals surface area contributed by atoms with Gasteiger partial charge in [-0.15, -0.1) is 22.7 Å². The fourth-order valence-electron chi connectivity index (χ4n) is 9.36. The van der Waals surface area contributed by atoms with Gasteiger partial charge in [-0.2, -0.15) is 0 Å². The van der Waals surface area contributed by atoms with E-state index < -0.39 is 0 Å². The molecule has 63 heavy (non-hydrogen) atoms. The second-order valence-corrected chi connectivity index (χ2v) is 18.1. The number of rotatable bonds is 8. The van der Waals surface area contributed by atoms with Gasteiger partial charge in [-0.25, -0.2) is 0 Å². The Hall–Kier alpha value is -7.56. The molecule has 0 radical (unpaired) electrons. The van der Waals surface area contributed by atoms with E-state index in [0.29, 0.717) is 0 Å². The van der Waals surface area contributed by atoms with Crippen LogP contribution in [0, 0.1) is 0 Å². The summed E-state index contributed by atoms with van der Waals surface area (Å²) in [5, 5.41) is 5.01. The van der Waals surface area contributed by atoms with E-state index in [-0.39, 0.29) is 0 Å². The van der Waals surface area contributed by atoms with Crippen LogP contribution in [0.1, 0.15) is 0 Å². The highest BCUT2D eigenvalue weighted by Gasteiger charge is 2.28. The molecule has 0 saturated heterocycles. The van der Waals surface area contributed by atoms with Crippen molar-refractivity contribution in [3.05, 3.63) is 237 Å². The summed E-state index contributed by atoms with van der Waals surface area (Å²) in [6.07, 6.45) is 0. The Morgan fingerprint density at radius 1 is 0.270 bits per heavy atom. The lowest BCUT2D eigenvalue weighted by Gasteiger charge is -2.32. The van der Waals surface area contributed by atoms with Gasteiger partial charge in [-0.3, -0.25) is 0 Å². The van der Waals surface area contributed by atoms with Crippen LogP contribution in [0.2, 0.25) is 0 Å². The molecule has 0 atom stereocenters. The van der Waals surface area contributed by atoms with Crippen molar-refractivity contribution >= 4 is 80.1 Å². The maximum absolute atomic E-state index is 2.61. The minimum absolute atomic E-state index is 1.15. The fourth-order valence-corrected chi connectivity index (χ4v) is 11.8. The summed E-state index contributed by atoms with van der Waals surface area (Å²) in [7, 11) is 0. The average molecular weight is 838 g/mol. The summed E-state index contributed by atoms with van der Waals surface area (Å²) >= 11 is 3.77. The number of para-hydroxylation sites is 1. The van der Waals surface area contributed by atoms with Crippen molar-refractivity contribution in [1.29, 1.82) is 0 Å². The quantitative estimate of drug-likeness (QED) is 0.147. The third-order valence-corrected chi connectivity index (χ3v) is 14.6. The number of fused-ring (bicyclic) bond motifs is 6. The van der Waals surface area contributed by atoms with Crippen LogP contribution in [-0.4, -0.2) is 0 Å². The Balaban J connectivity index is 1.22. The molecule has 296 valence electrons. The number of nitrogens with zero attached hydrogens (tertiary/aromatic N) is 1. The number of anilines is 3. The molecule has 0 spiro atoms. The lowest BCUT2D eigenvalue weighted by Crippen LogP contribution is -2.13. The second kappa shape index (κ2) is 15.7. The molecule has 0 saturated carbocycles. The van der Waals surface area contributed by atoms with Gasteiger partial charge < -0.3 is 4.90 Å². The molecule has 0 N–H and O–H groups in total. The molecule has 2 heterocycles. The molecule has 0 aliphatic heterocycles. The highest BCUT2D eigenvalue weighted by atomic mass is 32.1. The van der Waals surface area contributed by atoms with Crippen molar-refractivity contribution in [2.24, 2.45) is 0 Å². The summed E-state index contributed by atoms with van der Waals surface area (Å²) in [5.74, 6) is 0. The van der Waals surface area contributed by atoms with Gasteiger partial charge >= 0.3 is 0 Å². The maximum Gasteiger partial charge on any atom is 0.0618 e. The van der Waals surface area contributed by atoms with Crippen LogP contribution >= 0.6 is 22.7 Å². The zero-order valence-corrected chi connectivity index (χ0v) is 35.9. The Labute approximate surface area is 375 Å². The predicted molar refractivity (Wildman–Crippen MR) is 274 cm³/mol. The third kappa shape index (κ3) is 6.53. The molecular weight excluding hydrogens is 799 g/mol. The lowest BCUT2D eigenvalue weighted by molar-refractivity contribution is 1.32. The lowest BCUT2D eigenvalue weighted by atomic mass is 9.93. The van der Waals surface area contributed by atoms with Crippen LogP contribution in [0.3, 0.4) is 0 Å². The van der Waals surface area contributed by atoms with Crippen molar-refractivity contribution in [2.45, 2.75) is 0 Å². The van der Waals surface area contributed by atoms with E-state index in [1.807, 2.05) is 22.7 Å². The van der Waals surface area contributed by atoms with E-state index in [0.717, 1.165) is 17.1 Å². The van der Waals surface area contributed by atoms with Gasteiger partial charge in [0.15, 0.2) is 0 Å². The van der Waals surface area contributed by atoms with Gasteiger partial charge in [-0.05, 0) is 74.8 Å². The minimum atomic E-state index is 1.15. The monoisotopic (exact) mass is 837 g/mol. The van der Waals surface area contributed by atoms with Gasteiger partial charge in [0.25, 0.3) is 0 Å². The van der Waals surface area contributed by atoms with Crippen LogP contribution in [0.4, 0.5) is 17.1 Å². The van der Waals surface area contributed by atoms with Crippen LogP contribution in [-0.2, 0) is 0 Å². The Bertz CT molecular complexity index is 3540. The summed E-state index contributed by atoms with van der Waals surface area (Å²) in [6.45, 7) is 0. The highest BCUT2D eigenvalue weighted by Crippen LogP contribution is 2.55. The Morgan fingerprint density at radius 2 is 0.714 bits per heavy atom. The summed E-state index contributed by atoms with van der Waals surface area (Å²) in [4.78, 5) is 2.61. The smallest absolute Gasteiger partial charge is 0.0618 e. The molecule has 0 aliphatic carbocycles.